The summed E-state index contributed by atoms with van der Waals surface area (Å²) < 4.78 is 12.9. The average molecular weight is 293 g/mol. The second-order valence-electron chi connectivity index (χ2n) is 6.14. The number of piperidine rings is 1. The molecule has 1 aliphatic rings. The number of amides is 1. The number of halogens is 1. The molecule has 116 valence electrons. The van der Waals surface area contributed by atoms with E-state index in [1.807, 2.05) is 11.8 Å². The molecule has 1 heterocycles. The number of carbonyl (C=O) groups excluding carboxylic acids is 1. The molecule has 1 saturated heterocycles. The van der Waals surface area contributed by atoms with Crippen molar-refractivity contribution >= 4 is 5.91 Å². The van der Waals surface area contributed by atoms with Crippen molar-refractivity contribution < 1.29 is 14.3 Å². The van der Waals surface area contributed by atoms with E-state index >= 15 is 0 Å². The Hall–Kier alpha value is -1.42. The number of aliphatic hydroxyl groups excluding tert-OH is 1. The Labute approximate surface area is 125 Å². The lowest BCUT2D eigenvalue weighted by Gasteiger charge is -2.34. The van der Waals surface area contributed by atoms with Gasteiger partial charge >= 0.3 is 0 Å². The molecule has 0 spiro atoms. The number of hydrogen-bond donors (Lipinski definition) is 1. The summed E-state index contributed by atoms with van der Waals surface area (Å²) >= 11 is 0. The zero-order valence-corrected chi connectivity index (χ0v) is 12.8. The van der Waals surface area contributed by atoms with Gasteiger partial charge in [-0.1, -0.05) is 19.1 Å². The predicted octanol–water partition coefficient (Wildman–Crippen LogP) is 2.94. The molecule has 0 aliphatic carbocycles. The van der Waals surface area contributed by atoms with Gasteiger partial charge in [0, 0.05) is 25.4 Å². The van der Waals surface area contributed by atoms with Crippen molar-refractivity contribution in [1.29, 1.82) is 0 Å². The maximum Gasteiger partial charge on any atom is 0.223 e. The highest BCUT2D eigenvalue weighted by atomic mass is 19.1. The van der Waals surface area contributed by atoms with Crippen molar-refractivity contribution in [3.63, 3.8) is 0 Å². The quantitative estimate of drug-likeness (QED) is 0.927. The number of benzene rings is 1. The fourth-order valence-corrected chi connectivity index (χ4v) is 2.93. The summed E-state index contributed by atoms with van der Waals surface area (Å²) in [5.74, 6) is 0.124. The first kappa shape index (κ1) is 16.0. The standard InChI is InChI=1S/C17H24FNO2/c1-12(14-5-7-16(18)8-6-14)10-17(21)19-9-3-4-15(11-19)13(2)20/h5-8,12-13,15,20H,3-4,9-11H2,1-2H3. The van der Waals surface area contributed by atoms with Crippen molar-refractivity contribution in [2.75, 3.05) is 13.1 Å². The molecular formula is C17H24FNO2. The molecule has 1 amide bonds. The van der Waals surface area contributed by atoms with E-state index in [0.717, 1.165) is 24.9 Å². The van der Waals surface area contributed by atoms with Crippen LogP contribution in [0.5, 0.6) is 0 Å². The van der Waals surface area contributed by atoms with Gasteiger partial charge in [0.25, 0.3) is 0 Å². The van der Waals surface area contributed by atoms with Crippen LogP contribution in [0.2, 0.25) is 0 Å². The molecule has 0 aromatic heterocycles. The summed E-state index contributed by atoms with van der Waals surface area (Å²) in [5, 5.41) is 9.69. The molecule has 1 aromatic carbocycles. The molecule has 1 aliphatic heterocycles. The van der Waals surface area contributed by atoms with Crippen LogP contribution in [-0.2, 0) is 4.79 Å². The van der Waals surface area contributed by atoms with Crippen molar-refractivity contribution in [3.05, 3.63) is 35.6 Å². The first-order valence-corrected chi connectivity index (χ1v) is 7.68. The second-order valence-corrected chi connectivity index (χ2v) is 6.14. The van der Waals surface area contributed by atoms with Gasteiger partial charge in [-0.3, -0.25) is 4.79 Å². The minimum absolute atomic E-state index is 0.0741. The highest BCUT2D eigenvalue weighted by molar-refractivity contribution is 5.77. The number of likely N-dealkylation sites (tertiary alicyclic amines) is 1. The van der Waals surface area contributed by atoms with E-state index in [0.29, 0.717) is 13.0 Å². The van der Waals surface area contributed by atoms with Crippen LogP contribution >= 0.6 is 0 Å². The van der Waals surface area contributed by atoms with Gasteiger partial charge in [-0.05, 0) is 43.4 Å². The molecule has 1 fully saturated rings. The Balaban J connectivity index is 1.92. The van der Waals surface area contributed by atoms with Crippen LogP contribution in [0, 0.1) is 11.7 Å². The first-order valence-electron chi connectivity index (χ1n) is 7.68. The van der Waals surface area contributed by atoms with Crippen molar-refractivity contribution in [2.45, 2.75) is 45.1 Å². The van der Waals surface area contributed by atoms with Gasteiger partial charge in [0.1, 0.15) is 5.82 Å². The largest absolute Gasteiger partial charge is 0.393 e. The Kier molecular flexibility index (Phi) is 5.34. The summed E-state index contributed by atoms with van der Waals surface area (Å²) in [6, 6.07) is 6.34. The van der Waals surface area contributed by atoms with Gasteiger partial charge in [-0.25, -0.2) is 4.39 Å². The number of nitrogens with zero attached hydrogens (tertiary/aromatic N) is 1. The lowest BCUT2D eigenvalue weighted by molar-refractivity contribution is -0.134. The summed E-state index contributed by atoms with van der Waals surface area (Å²) in [5.41, 5.74) is 0.980. The molecule has 0 bridgehead atoms. The highest BCUT2D eigenvalue weighted by Gasteiger charge is 2.27. The lowest BCUT2D eigenvalue weighted by atomic mass is 9.92. The molecule has 0 radical (unpaired) electrons. The van der Waals surface area contributed by atoms with Crippen LogP contribution in [-0.4, -0.2) is 35.1 Å². The molecule has 1 aromatic rings. The molecule has 3 unspecified atom stereocenters. The number of aliphatic hydroxyl groups is 1. The van der Waals surface area contributed by atoms with Gasteiger partial charge in [-0.2, -0.15) is 0 Å². The fraction of sp³-hybridized carbons (Fsp3) is 0.588. The fourth-order valence-electron chi connectivity index (χ4n) is 2.93. The first-order chi connectivity index (χ1) is 9.97. The van der Waals surface area contributed by atoms with E-state index < -0.39 is 0 Å². The minimum atomic E-state index is -0.366. The van der Waals surface area contributed by atoms with Crippen LogP contribution in [0.4, 0.5) is 4.39 Å². The van der Waals surface area contributed by atoms with Gasteiger partial charge in [0.2, 0.25) is 5.91 Å². The lowest BCUT2D eigenvalue weighted by Crippen LogP contribution is -2.43. The van der Waals surface area contributed by atoms with E-state index in [1.165, 1.54) is 12.1 Å². The van der Waals surface area contributed by atoms with E-state index in [9.17, 15) is 14.3 Å². The predicted molar refractivity (Wildman–Crippen MR) is 80.4 cm³/mol. The zero-order valence-electron chi connectivity index (χ0n) is 12.8. The number of rotatable bonds is 4. The van der Waals surface area contributed by atoms with E-state index in [1.54, 1.807) is 19.1 Å². The Bertz CT molecular complexity index is 472. The van der Waals surface area contributed by atoms with Crippen LogP contribution in [0.25, 0.3) is 0 Å². The molecule has 0 saturated carbocycles. The summed E-state index contributed by atoms with van der Waals surface area (Å²) in [6.45, 7) is 5.20. The SMILES string of the molecule is CC(CC(=O)N1CCCC(C(C)O)C1)c1ccc(F)cc1. The summed E-state index contributed by atoms with van der Waals surface area (Å²) in [6.07, 6.45) is 1.99. The number of carbonyl (C=O) groups is 1. The molecule has 4 heteroatoms. The monoisotopic (exact) mass is 293 g/mol. The number of hydrogen-bond acceptors (Lipinski definition) is 2. The maximum absolute atomic E-state index is 12.9. The Morgan fingerprint density at radius 2 is 2.05 bits per heavy atom. The topological polar surface area (TPSA) is 40.5 Å². The normalized spacial score (nSPS) is 21.9. The summed E-state index contributed by atoms with van der Waals surface area (Å²) in [4.78, 5) is 14.2. The third-order valence-corrected chi connectivity index (χ3v) is 4.41. The van der Waals surface area contributed by atoms with Crippen LogP contribution < -0.4 is 0 Å². The zero-order chi connectivity index (χ0) is 15.4. The smallest absolute Gasteiger partial charge is 0.223 e. The van der Waals surface area contributed by atoms with E-state index in [2.05, 4.69) is 0 Å². The Morgan fingerprint density at radius 1 is 1.38 bits per heavy atom. The third kappa shape index (κ3) is 4.27. The molecule has 3 atom stereocenters. The van der Waals surface area contributed by atoms with Gasteiger partial charge in [-0.15, -0.1) is 0 Å². The molecule has 1 N–H and O–H groups in total. The van der Waals surface area contributed by atoms with Gasteiger partial charge in [0.15, 0.2) is 0 Å². The van der Waals surface area contributed by atoms with E-state index in [-0.39, 0.29) is 29.7 Å². The molecule has 21 heavy (non-hydrogen) atoms. The molecule has 3 nitrogen and oxygen atoms in total. The maximum atomic E-state index is 12.9. The van der Waals surface area contributed by atoms with Crippen molar-refractivity contribution in [1.82, 2.24) is 4.90 Å². The van der Waals surface area contributed by atoms with Crippen LogP contribution in [0.15, 0.2) is 24.3 Å². The van der Waals surface area contributed by atoms with Crippen LogP contribution in [0.1, 0.15) is 44.6 Å². The summed E-state index contributed by atoms with van der Waals surface area (Å²) in [7, 11) is 0. The van der Waals surface area contributed by atoms with E-state index in [4.69, 9.17) is 0 Å². The Morgan fingerprint density at radius 3 is 2.67 bits per heavy atom. The van der Waals surface area contributed by atoms with Gasteiger partial charge < -0.3 is 10.0 Å². The molecule has 2 rings (SSSR count). The van der Waals surface area contributed by atoms with Gasteiger partial charge in [0.05, 0.1) is 6.10 Å². The van der Waals surface area contributed by atoms with Crippen molar-refractivity contribution in [2.24, 2.45) is 5.92 Å². The minimum Gasteiger partial charge on any atom is -0.393 e. The third-order valence-electron chi connectivity index (χ3n) is 4.41. The molecular weight excluding hydrogens is 269 g/mol. The highest BCUT2D eigenvalue weighted by Crippen LogP contribution is 2.24. The van der Waals surface area contributed by atoms with Crippen molar-refractivity contribution in [3.8, 4) is 0 Å². The van der Waals surface area contributed by atoms with Crippen LogP contribution in [0.3, 0.4) is 0 Å². The second kappa shape index (κ2) is 7.03. The average Bonchev–Trinajstić information content (AvgIpc) is 2.48.